The third-order valence-electron chi connectivity index (χ3n) is 4.08. The number of carbonyl (C=O) groups excluding carboxylic acids is 1. The normalized spacial score (nSPS) is 20.8. The fourth-order valence-electron chi connectivity index (χ4n) is 2.36. The highest BCUT2D eigenvalue weighted by molar-refractivity contribution is 7.07. The zero-order valence-electron chi connectivity index (χ0n) is 18.3. The number of aromatic nitrogens is 3. The van der Waals surface area contributed by atoms with E-state index in [2.05, 4.69) is 15.3 Å². The van der Waals surface area contributed by atoms with Gasteiger partial charge in [-0.1, -0.05) is 0 Å². The van der Waals surface area contributed by atoms with Crippen molar-refractivity contribution in [3.8, 4) is 0 Å². The quantitative estimate of drug-likeness (QED) is 0.254. The molecule has 1 aliphatic heterocycles. The number of alkyl halides is 6. The number of carboxylic acids is 2. The third-order valence-corrected chi connectivity index (χ3v) is 4.66. The molecule has 2 aromatic heterocycles. The SMILES string of the molecule is Nc1ccn([C@@H]2O[C@H](CNC(=O)c3cscn3)[C@@H](O)[C@H]2O)c(=O)n1.O=C(O)C(F)(F)F.O=C(O)C(F)(F)F. The highest BCUT2D eigenvalue weighted by Gasteiger charge is 2.44. The van der Waals surface area contributed by atoms with E-state index in [1.165, 1.54) is 29.1 Å². The van der Waals surface area contributed by atoms with Gasteiger partial charge in [0.05, 0.1) is 5.51 Å². The largest absolute Gasteiger partial charge is 0.490 e. The van der Waals surface area contributed by atoms with Gasteiger partial charge in [0.1, 0.15) is 29.8 Å². The molecular formula is C17H17F6N5O9S. The molecular weight excluding hydrogens is 564 g/mol. The lowest BCUT2D eigenvalue weighted by molar-refractivity contribution is -0.193. The lowest BCUT2D eigenvalue weighted by Crippen LogP contribution is -2.40. The van der Waals surface area contributed by atoms with Gasteiger partial charge in [0.25, 0.3) is 5.91 Å². The number of nitrogens with zero attached hydrogens (tertiary/aromatic N) is 3. The minimum atomic E-state index is -5.08. The van der Waals surface area contributed by atoms with E-state index in [-0.39, 0.29) is 18.1 Å². The van der Waals surface area contributed by atoms with Crippen LogP contribution in [0.4, 0.5) is 32.2 Å². The van der Waals surface area contributed by atoms with Crippen molar-refractivity contribution in [3.05, 3.63) is 39.3 Å². The molecule has 4 atom stereocenters. The maximum absolute atomic E-state index is 11.8. The van der Waals surface area contributed by atoms with Crippen LogP contribution in [0.5, 0.6) is 0 Å². The second-order valence-corrected chi connectivity index (χ2v) is 7.50. The van der Waals surface area contributed by atoms with Crippen LogP contribution in [0.25, 0.3) is 0 Å². The molecule has 0 aliphatic carbocycles. The van der Waals surface area contributed by atoms with Crippen LogP contribution in [0.2, 0.25) is 0 Å². The van der Waals surface area contributed by atoms with Crippen LogP contribution in [0.15, 0.2) is 27.9 Å². The van der Waals surface area contributed by atoms with Crippen LogP contribution in [-0.4, -0.2) is 90.0 Å². The first kappa shape index (κ1) is 32.2. The van der Waals surface area contributed by atoms with Crippen LogP contribution in [0.3, 0.4) is 0 Å². The first-order chi connectivity index (χ1) is 17.4. The van der Waals surface area contributed by atoms with E-state index in [0.717, 1.165) is 4.57 Å². The molecule has 0 bridgehead atoms. The summed E-state index contributed by atoms with van der Waals surface area (Å²) in [5, 5.41) is 38.6. The van der Waals surface area contributed by atoms with Crippen molar-refractivity contribution < 1.29 is 65.9 Å². The summed E-state index contributed by atoms with van der Waals surface area (Å²) in [7, 11) is 0. The summed E-state index contributed by atoms with van der Waals surface area (Å²) in [5.41, 5.74) is 6.48. The van der Waals surface area contributed by atoms with E-state index >= 15 is 0 Å². The molecule has 38 heavy (non-hydrogen) atoms. The summed E-state index contributed by atoms with van der Waals surface area (Å²) in [4.78, 5) is 48.9. The molecule has 1 fully saturated rings. The fraction of sp³-hybridized carbons (Fsp3) is 0.412. The van der Waals surface area contributed by atoms with Gasteiger partial charge in [0.15, 0.2) is 6.23 Å². The number of carbonyl (C=O) groups is 3. The number of rotatable bonds is 4. The average Bonchev–Trinajstić information content (AvgIpc) is 3.42. The first-order valence-corrected chi connectivity index (χ1v) is 10.4. The smallest absolute Gasteiger partial charge is 0.475 e. The topological polar surface area (TPSA) is 227 Å². The molecule has 0 spiro atoms. The van der Waals surface area contributed by atoms with Crippen LogP contribution in [-0.2, 0) is 14.3 Å². The maximum Gasteiger partial charge on any atom is 0.490 e. The molecule has 0 radical (unpaired) electrons. The van der Waals surface area contributed by atoms with Crippen LogP contribution >= 0.6 is 11.3 Å². The van der Waals surface area contributed by atoms with Crippen LogP contribution in [0, 0.1) is 0 Å². The summed E-state index contributed by atoms with van der Waals surface area (Å²) >= 11 is 1.28. The van der Waals surface area contributed by atoms with Crippen molar-refractivity contribution in [2.75, 3.05) is 12.3 Å². The van der Waals surface area contributed by atoms with E-state index in [9.17, 15) is 46.1 Å². The van der Waals surface area contributed by atoms with Crippen molar-refractivity contribution >= 4 is 35.0 Å². The molecule has 3 rings (SSSR count). The van der Waals surface area contributed by atoms with Crippen molar-refractivity contribution in [1.82, 2.24) is 19.9 Å². The first-order valence-electron chi connectivity index (χ1n) is 9.49. The van der Waals surface area contributed by atoms with Gasteiger partial charge in [-0.2, -0.15) is 31.3 Å². The summed E-state index contributed by atoms with van der Waals surface area (Å²) < 4.78 is 70.0. The Morgan fingerprint density at radius 3 is 2.03 bits per heavy atom. The van der Waals surface area contributed by atoms with E-state index in [1.807, 2.05) is 0 Å². The lowest BCUT2D eigenvalue weighted by atomic mass is 10.1. The Hall–Kier alpha value is -3.82. The molecule has 0 saturated carbocycles. The third kappa shape index (κ3) is 9.57. The van der Waals surface area contributed by atoms with Gasteiger partial charge >= 0.3 is 30.0 Å². The Labute approximate surface area is 209 Å². The Kier molecular flexibility index (Phi) is 11.1. The van der Waals surface area contributed by atoms with Gasteiger partial charge in [0, 0.05) is 18.1 Å². The molecule has 1 aliphatic rings. The van der Waals surface area contributed by atoms with Crippen molar-refractivity contribution in [1.29, 1.82) is 0 Å². The van der Waals surface area contributed by atoms with Gasteiger partial charge in [-0.25, -0.2) is 19.4 Å². The van der Waals surface area contributed by atoms with E-state index in [0.29, 0.717) is 0 Å². The van der Waals surface area contributed by atoms with E-state index in [4.69, 9.17) is 30.3 Å². The Morgan fingerprint density at radius 2 is 1.61 bits per heavy atom. The van der Waals surface area contributed by atoms with Gasteiger partial charge in [-0.05, 0) is 6.07 Å². The molecule has 21 heteroatoms. The molecule has 212 valence electrons. The van der Waals surface area contributed by atoms with E-state index < -0.39 is 60.4 Å². The second kappa shape index (κ2) is 13.1. The second-order valence-electron chi connectivity index (χ2n) is 6.78. The monoisotopic (exact) mass is 581 g/mol. The van der Waals surface area contributed by atoms with Crippen molar-refractivity contribution in [3.63, 3.8) is 0 Å². The molecule has 1 amide bonds. The van der Waals surface area contributed by atoms with Crippen LogP contribution < -0.4 is 16.7 Å². The number of nitrogens with one attached hydrogen (secondary N) is 1. The number of ether oxygens (including phenoxy) is 1. The van der Waals surface area contributed by atoms with Crippen LogP contribution in [0.1, 0.15) is 16.7 Å². The van der Waals surface area contributed by atoms with Gasteiger partial charge in [-0.15, -0.1) is 11.3 Å². The molecule has 14 nitrogen and oxygen atoms in total. The van der Waals surface area contributed by atoms with Crippen molar-refractivity contribution in [2.45, 2.75) is 36.9 Å². The summed E-state index contributed by atoms with van der Waals surface area (Å²) in [6.45, 7) is -0.0533. The summed E-state index contributed by atoms with van der Waals surface area (Å²) in [5.74, 6) is -5.90. The molecule has 7 N–H and O–H groups in total. The Morgan fingerprint density at radius 1 is 1.08 bits per heavy atom. The van der Waals surface area contributed by atoms with Gasteiger partial charge < -0.3 is 36.2 Å². The van der Waals surface area contributed by atoms with E-state index in [1.54, 1.807) is 5.38 Å². The number of halogens is 6. The average molecular weight is 581 g/mol. The molecule has 0 unspecified atom stereocenters. The fourth-order valence-corrected chi connectivity index (χ4v) is 2.89. The zero-order valence-corrected chi connectivity index (χ0v) is 19.1. The Balaban J connectivity index is 0.000000426. The highest BCUT2D eigenvalue weighted by Crippen LogP contribution is 2.28. The summed E-state index contributed by atoms with van der Waals surface area (Å²) in [6, 6.07) is 1.38. The number of carboxylic acid groups (broad SMARTS) is 2. The number of nitrogen functional groups attached to an aromatic ring is 1. The number of aliphatic hydroxyl groups excluding tert-OH is 2. The standard InChI is InChI=1S/C13H15N5O5S.2C2HF3O2/c14-8-1-2-18(13(22)17-8)12-10(20)9(19)7(23-12)3-15-11(21)6-4-24-5-16-6;2*3-2(4,5)1(6)7/h1-2,4-5,7,9-10,12,19-20H,3H2,(H,15,21)(H2,14,17,22);2*(H,6,7)/t7-,9-,10-,12-;;/m1../s1. The number of hydrogen-bond acceptors (Lipinski definition) is 11. The minimum absolute atomic E-state index is 0.0383. The summed E-state index contributed by atoms with van der Waals surface area (Å²) in [6.07, 6.45) is -13.5. The molecule has 3 heterocycles. The number of aliphatic hydroxyl groups is 2. The molecule has 2 aromatic rings. The number of hydrogen-bond donors (Lipinski definition) is 6. The zero-order chi connectivity index (χ0) is 29.4. The molecule has 1 saturated heterocycles. The number of nitrogens with two attached hydrogens (primary N) is 1. The lowest BCUT2D eigenvalue weighted by Gasteiger charge is -2.16. The highest BCUT2D eigenvalue weighted by atomic mass is 32.1. The minimum Gasteiger partial charge on any atom is -0.475 e. The predicted octanol–water partition coefficient (Wildman–Crippen LogP) is -0.402. The number of aliphatic carboxylic acids is 2. The number of thiazole rings is 1. The van der Waals surface area contributed by atoms with Gasteiger partial charge in [0.2, 0.25) is 0 Å². The predicted molar refractivity (Wildman–Crippen MR) is 111 cm³/mol. The Bertz CT molecular complexity index is 1130. The number of anilines is 1. The van der Waals surface area contributed by atoms with Gasteiger partial charge in [-0.3, -0.25) is 9.36 Å². The van der Waals surface area contributed by atoms with Crippen molar-refractivity contribution in [2.24, 2.45) is 0 Å². The number of amides is 1. The maximum atomic E-state index is 11.8. The molecule has 0 aromatic carbocycles.